The number of nitrogens with one attached hydrogen (secondary N) is 1. The quantitative estimate of drug-likeness (QED) is 0.333. The van der Waals surface area contributed by atoms with Gasteiger partial charge in [0.15, 0.2) is 0 Å². The van der Waals surface area contributed by atoms with Crippen LogP contribution in [0.4, 0.5) is 0 Å². The number of hydrogen-bond acceptors (Lipinski definition) is 2. The molecular formula is C26H24Cl4N2O2. The number of amides is 2. The van der Waals surface area contributed by atoms with Crippen molar-refractivity contribution in [3.05, 3.63) is 104 Å². The van der Waals surface area contributed by atoms with E-state index >= 15 is 0 Å². The zero-order valence-corrected chi connectivity index (χ0v) is 21.6. The number of benzene rings is 3. The average Bonchev–Trinajstić information content (AvgIpc) is 2.81. The molecule has 0 aliphatic rings. The van der Waals surface area contributed by atoms with Gasteiger partial charge in [-0.1, -0.05) is 88.9 Å². The molecule has 1 N–H and O–H groups in total. The van der Waals surface area contributed by atoms with Crippen molar-refractivity contribution >= 4 is 58.2 Å². The molecule has 0 bridgehead atoms. The third-order valence-corrected chi connectivity index (χ3v) is 6.80. The summed E-state index contributed by atoms with van der Waals surface area (Å²) in [5, 5.41) is 4.47. The third-order valence-electron chi connectivity index (χ3n) is 5.35. The van der Waals surface area contributed by atoms with Gasteiger partial charge in [-0.2, -0.15) is 0 Å². The van der Waals surface area contributed by atoms with Crippen molar-refractivity contribution < 1.29 is 9.59 Å². The molecule has 3 rings (SSSR count). The molecule has 0 spiro atoms. The van der Waals surface area contributed by atoms with E-state index in [1.54, 1.807) is 36.4 Å². The van der Waals surface area contributed by atoms with Crippen LogP contribution in [0.5, 0.6) is 0 Å². The molecule has 0 heterocycles. The largest absolute Gasteiger partial charge is 0.355 e. The van der Waals surface area contributed by atoms with E-state index in [0.29, 0.717) is 44.2 Å². The molecule has 0 aliphatic carbocycles. The smallest absolute Gasteiger partial charge is 0.243 e. The Morgan fingerprint density at radius 1 is 0.824 bits per heavy atom. The maximum Gasteiger partial charge on any atom is 0.243 e. The molecule has 3 aromatic carbocycles. The lowest BCUT2D eigenvalue weighted by atomic mass is 10.0. The van der Waals surface area contributed by atoms with Crippen molar-refractivity contribution in [2.45, 2.75) is 32.4 Å². The average molecular weight is 538 g/mol. The Labute approximate surface area is 219 Å². The van der Waals surface area contributed by atoms with Crippen LogP contribution in [-0.4, -0.2) is 29.3 Å². The monoisotopic (exact) mass is 536 g/mol. The lowest BCUT2D eigenvalue weighted by Gasteiger charge is -2.32. The minimum Gasteiger partial charge on any atom is -0.355 e. The fraction of sp³-hybridized carbons (Fsp3) is 0.231. The third kappa shape index (κ3) is 6.89. The predicted molar refractivity (Wildman–Crippen MR) is 140 cm³/mol. The summed E-state index contributed by atoms with van der Waals surface area (Å²) in [5.74, 6) is -0.515. The molecule has 2 amide bonds. The van der Waals surface area contributed by atoms with Gasteiger partial charge in [0.25, 0.3) is 0 Å². The minimum atomic E-state index is -0.773. The second kappa shape index (κ2) is 12.5. The van der Waals surface area contributed by atoms with Crippen molar-refractivity contribution in [1.29, 1.82) is 0 Å². The van der Waals surface area contributed by atoms with Gasteiger partial charge in [-0.3, -0.25) is 9.59 Å². The number of hydrogen-bond donors (Lipinski definition) is 1. The van der Waals surface area contributed by atoms with Crippen molar-refractivity contribution in [1.82, 2.24) is 10.2 Å². The SMILES string of the molecule is CCNC(=O)C(Cc1ccccc1)N(Cc1c(Cl)cccc1Cl)C(=O)Cc1ccc(Cl)c(Cl)c1. The first kappa shape index (κ1) is 26.4. The van der Waals surface area contributed by atoms with E-state index < -0.39 is 6.04 Å². The van der Waals surface area contributed by atoms with Crippen LogP contribution in [0.15, 0.2) is 66.7 Å². The minimum absolute atomic E-state index is 0.0314. The number of rotatable bonds is 9. The first-order valence-corrected chi connectivity index (χ1v) is 12.3. The Kier molecular flexibility index (Phi) is 9.66. The molecular weight excluding hydrogens is 514 g/mol. The number of carbonyl (C=O) groups excluding carboxylic acids is 2. The maximum absolute atomic E-state index is 13.7. The highest BCUT2D eigenvalue weighted by Crippen LogP contribution is 2.28. The van der Waals surface area contributed by atoms with Crippen molar-refractivity contribution in [3.63, 3.8) is 0 Å². The van der Waals surface area contributed by atoms with E-state index in [1.807, 2.05) is 37.3 Å². The summed E-state index contributed by atoms with van der Waals surface area (Å²) in [4.78, 5) is 28.4. The van der Waals surface area contributed by atoms with E-state index in [0.717, 1.165) is 5.56 Å². The Balaban J connectivity index is 2.01. The fourth-order valence-corrected chi connectivity index (χ4v) is 4.46. The van der Waals surface area contributed by atoms with Crippen LogP contribution >= 0.6 is 46.4 Å². The molecule has 3 aromatic rings. The molecule has 34 heavy (non-hydrogen) atoms. The molecule has 0 fully saturated rings. The molecule has 1 unspecified atom stereocenters. The second-order valence-corrected chi connectivity index (χ2v) is 9.38. The zero-order chi connectivity index (χ0) is 24.7. The Morgan fingerprint density at radius 2 is 1.50 bits per heavy atom. The van der Waals surface area contributed by atoms with Crippen LogP contribution < -0.4 is 5.32 Å². The molecule has 0 aromatic heterocycles. The van der Waals surface area contributed by atoms with Gasteiger partial charge in [0.05, 0.1) is 16.5 Å². The van der Waals surface area contributed by atoms with Crippen molar-refractivity contribution in [2.24, 2.45) is 0 Å². The molecule has 0 saturated heterocycles. The lowest BCUT2D eigenvalue weighted by molar-refractivity contribution is -0.140. The Bertz CT molecular complexity index is 1130. The summed E-state index contributed by atoms with van der Waals surface area (Å²) in [7, 11) is 0. The summed E-state index contributed by atoms with van der Waals surface area (Å²) in [5.41, 5.74) is 2.19. The molecule has 0 saturated carbocycles. The zero-order valence-electron chi connectivity index (χ0n) is 18.5. The van der Waals surface area contributed by atoms with Crippen LogP contribution in [-0.2, 0) is 29.0 Å². The highest BCUT2D eigenvalue weighted by Gasteiger charge is 2.31. The summed E-state index contributed by atoms with van der Waals surface area (Å²) in [6, 6.07) is 19.0. The van der Waals surface area contributed by atoms with Crippen molar-refractivity contribution in [2.75, 3.05) is 6.54 Å². The number of likely N-dealkylation sites (N-methyl/N-ethyl adjacent to an activating group) is 1. The molecule has 0 radical (unpaired) electrons. The lowest BCUT2D eigenvalue weighted by Crippen LogP contribution is -2.51. The van der Waals surface area contributed by atoms with Crippen molar-refractivity contribution in [3.8, 4) is 0 Å². The van der Waals surface area contributed by atoms with Crippen LogP contribution in [0, 0.1) is 0 Å². The van der Waals surface area contributed by atoms with Gasteiger partial charge < -0.3 is 10.2 Å². The van der Waals surface area contributed by atoms with Gasteiger partial charge in [-0.25, -0.2) is 0 Å². The number of nitrogens with zero attached hydrogens (tertiary/aromatic N) is 1. The van der Waals surface area contributed by atoms with Crippen LogP contribution in [0.3, 0.4) is 0 Å². The van der Waals surface area contributed by atoms with E-state index in [2.05, 4.69) is 5.32 Å². The van der Waals surface area contributed by atoms with Gasteiger partial charge in [-0.05, 0) is 42.3 Å². The maximum atomic E-state index is 13.7. The highest BCUT2D eigenvalue weighted by molar-refractivity contribution is 6.42. The van der Waals surface area contributed by atoms with Crippen LogP contribution in [0.2, 0.25) is 20.1 Å². The fourth-order valence-electron chi connectivity index (χ4n) is 3.63. The summed E-state index contributed by atoms with van der Waals surface area (Å²) in [6.07, 6.45) is 0.367. The molecule has 4 nitrogen and oxygen atoms in total. The standard InChI is InChI=1S/C26H24Cl4N2O2/c1-2-31-26(34)24(14-17-7-4-3-5-8-17)32(16-19-20(27)9-6-10-21(19)28)25(33)15-18-11-12-22(29)23(30)13-18/h3-13,24H,2,14-16H2,1H3,(H,31,34). The van der Waals surface area contributed by atoms with E-state index in [-0.39, 0.29) is 24.8 Å². The number of carbonyl (C=O) groups is 2. The van der Waals surface area contributed by atoms with Gasteiger partial charge in [0.1, 0.15) is 6.04 Å². The van der Waals surface area contributed by atoms with Gasteiger partial charge >= 0.3 is 0 Å². The van der Waals surface area contributed by atoms with Gasteiger partial charge in [0, 0.05) is 35.1 Å². The normalized spacial score (nSPS) is 11.7. The Hall–Kier alpha value is -2.24. The summed E-state index contributed by atoms with van der Waals surface area (Å²) >= 11 is 25.0. The van der Waals surface area contributed by atoms with Crippen LogP contribution in [0.25, 0.3) is 0 Å². The van der Waals surface area contributed by atoms with Gasteiger partial charge in [0.2, 0.25) is 11.8 Å². The van der Waals surface area contributed by atoms with E-state index in [4.69, 9.17) is 46.4 Å². The molecule has 1 atom stereocenters. The molecule has 8 heteroatoms. The molecule has 178 valence electrons. The summed E-state index contributed by atoms with van der Waals surface area (Å²) < 4.78 is 0. The topological polar surface area (TPSA) is 49.4 Å². The number of halogens is 4. The first-order valence-electron chi connectivity index (χ1n) is 10.8. The predicted octanol–water partition coefficient (Wildman–Crippen LogP) is 6.62. The van der Waals surface area contributed by atoms with Crippen LogP contribution in [0.1, 0.15) is 23.6 Å². The Morgan fingerprint density at radius 3 is 2.12 bits per heavy atom. The van der Waals surface area contributed by atoms with E-state index in [9.17, 15) is 9.59 Å². The van der Waals surface area contributed by atoms with Gasteiger partial charge in [-0.15, -0.1) is 0 Å². The summed E-state index contributed by atoms with van der Waals surface area (Å²) in [6.45, 7) is 2.35. The second-order valence-electron chi connectivity index (χ2n) is 7.75. The highest BCUT2D eigenvalue weighted by atomic mass is 35.5. The van der Waals surface area contributed by atoms with E-state index in [1.165, 1.54) is 4.90 Å². The first-order chi connectivity index (χ1) is 16.3. The molecule has 0 aliphatic heterocycles.